The summed E-state index contributed by atoms with van der Waals surface area (Å²) in [5.74, 6) is 0.486. The van der Waals surface area contributed by atoms with E-state index in [1.807, 2.05) is 18.2 Å². The van der Waals surface area contributed by atoms with E-state index in [1.54, 1.807) is 6.07 Å². The van der Waals surface area contributed by atoms with Gasteiger partial charge in [0.15, 0.2) is 5.82 Å². The van der Waals surface area contributed by atoms with E-state index in [9.17, 15) is 0 Å². The Bertz CT molecular complexity index is 764. The van der Waals surface area contributed by atoms with Gasteiger partial charge in [-0.2, -0.15) is 10.5 Å². The molecule has 0 radical (unpaired) electrons. The van der Waals surface area contributed by atoms with Crippen molar-refractivity contribution >= 4 is 0 Å². The Morgan fingerprint density at radius 3 is 2.61 bits per heavy atom. The van der Waals surface area contributed by atoms with Crippen LogP contribution in [0.3, 0.4) is 0 Å². The lowest BCUT2D eigenvalue weighted by atomic mass is 10.0. The van der Waals surface area contributed by atoms with Crippen LogP contribution >= 0.6 is 0 Å². The first kappa shape index (κ1) is 10.2. The van der Waals surface area contributed by atoms with Crippen LogP contribution in [0.15, 0.2) is 36.7 Å². The molecule has 0 bridgehead atoms. The summed E-state index contributed by atoms with van der Waals surface area (Å²) in [7, 11) is 0. The van der Waals surface area contributed by atoms with E-state index in [4.69, 9.17) is 10.5 Å². The smallest absolute Gasteiger partial charge is 0.161 e. The second-order valence-electron chi connectivity index (χ2n) is 3.85. The molecule has 0 aromatic carbocycles. The number of rotatable bonds is 0. The van der Waals surface area contributed by atoms with Crippen LogP contribution in [0.1, 0.15) is 11.1 Å². The Morgan fingerprint density at radius 2 is 1.83 bits per heavy atom. The molecule has 3 aliphatic rings. The van der Waals surface area contributed by atoms with Crippen molar-refractivity contribution in [1.29, 1.82) is 10.5 Å². The van der Waals surface area contributed by atoms with E-state index in [2.05, 4.69) is 22.1 Å². The van der Waals surface area contributed by atoms with Crippen LogP contribution in [-0.4, -0.2) is 9.97 Å². The third-order valence-electron chi connectivity index (χ3n) is 2.81. The molecule has 0 fully saturated rings. The van der Waals surface area contributed by atoms with Crippen molar-refractivity contribution in [3.63, 3.8) is 0 Å². The van der Waals surface area contributed by atoms with Crippen molar-refractivity contribution in [3.8, 4) is 34.7 Å². The van der Waals surface area contributed by atoms with Crippen molar-refractivity contribution < 1.29 is 0 Å². The first-order valence-corrected chi connectivity index (χ1v) is 5.31. The average molecular weight is 230 g/mol. The van der Waals surface area contributed by atoms with Crippen LogP contribution in [0, 0.1) is 22.7 Å². The van der Waals surface area contributed by atoms with Crippen molar-refractivity contribution in [1.82, 2.24) is 9.97 Å². The quantitative estimate of drug-likeness (QED) is 0.594. The lowest BCUT2D eigenvalue weighted by Crippen LogP contribution is -1.87. The number of nitrogens with zero attached hydrogens (tertiary/aromatic N) is 4. The van der Waals surface area contributed by atoms with Crippen molar-refractivity contribution in [3.05, 3.63) is 47.8 Å². The minimum Gasteiger partial charge on any atom is -0.235 e. The molecule has 0 aromatic rings. The SMILES string of the molecule is N#Cc1cnc2ncc(C#N)c-2c2cccc-2c1. The zero-order valence-corrected chi connectivity index (χ0v) is 9.25. The second-order valence-corrected chi connectivity index (χ2v) is 3.85. The fourth-order valence-electron chi connectivity index (χ4n) is 2.01. The van der Waals surface area contributed by atoms with E-state index < -0.39 is 0 Å². The number of hydrogen-bond donors (Lipinski definition) is 0. The van der Waals surface area contributed by atoms with Gasteiger partial charge in [-0.1, -0.05) is 18.2 Å². The first-order chi connectivity index (χ1) is 8.83. The molecule has 4 nitrogen and oxygen atoms in total. The molecule has 0 saturated carbocycles. The van der Waals surface area contributed by atoms with Crippen LogP contribution in [0.5, 0.6) is 0 Å². The minimum atomic E-state index is 0.467. The van der Waals surface area contributed by atoms with Crippen molar-refractivity contribution in [2.45, 2.75) is 0 Å². The molecule has 18 heavy (non-hydrogen) atoms. The zero-order chi connectivity index (χ0) is 12.5. The lowest BCUT2D eigenvalue weighted by molar-refractivity contribution is 1.24. The van der Waals surface area contributed by atoms with E-state index in [0.717, 1.165) is 16.7 Å². The minimum absolute atomic E-state index is 0.467. The van der Waals surface area contributed by atoms with E-state index in [-0.39, 0.29) is 0 Å². The molecule has 0 N–H and O–H groups in total. The van der Waals surface area contributed by atoms with Crippen LogP contribution in [-0.2, 0) is 0 Å². The van der Waals surface area contributed by atoms with E-state index in [0.29, 0.717) is 17.0 Å². The van der Waals surface area contributed by atoms with Crippen LogP contribution in [0.2, 0.25) is 0 Å². The largest absolute Gasteiger partial charge is 0.235 e. The number of hydrogen-bond acceptors (Lipinski definition) is 4. The van der Waals surface area contributed by atoms with Crippen molar-refractivity contribution in [2.75, 3.05) is 0 Å². The van der Waals surface area contributed by atoms with Gasteiger partial charge in [0.05, 0.1) is 11.1 Å². The maximum absolute atomic E-state index is 9.10. The Hall–Kier alpha value is -2.98. The van der Waals surface area contributed by atoms with Gasteiger partial charge in [0.25, 0.3) is 0 Å². The van der Waals surface area contributed by atoms with Gasteiger partial charge in [-0.05, 0) is 17.2 Å². The molecular weight excluding hydrogens is 224 g/mol. The first-order valence-electron chi connectivity index (χ1n) is 5.31. The predicted octanol–water partition coefficient (Wildman–Crippen LogP) is 2.43. The highest BCUT2D eigenvalue weighted by Crippen LogP contribution is 2.35. The van der Waals surface area contributed by atoms with Crippen LogP contribution in [0.25, 0.3) is 22.5 Å². The summed E-state index contributed by atoms with van der Waals surface area (Å²) in [5, 5.41) is 18.1. The molecular formula is C14H6N4. The Balaban J connectivity index is 2.44. The molecule has 3 rings (SSSR count). The molecule has 2 heterocycles. The van der Waals surface area contributed by atoms with Gasteiger partial charge in [-0.15, -0.1) is 0 Å². The van der Waals surface area contributed by atoms with Gasteiger partial charge >= 0.3 is 0 Å². The Labute approximate surface area is 103 Å². The summed E-state index contributed by atoms with van der Waals surface area (Å²) in [6.45, 7) is 0. The summed E-state index contributed by atoms with van der Waals surface area (Å²) in [6.07, 6.45) is 2.99. The summed E-state index contributed by atoms with van der Waals surface area (Å²) in [4.78, 5) is 8.29. The highest BCUT2D eigenvalue weighted by Gasteiger charge is 2.18. The summed E-state index contributed by atoms with van der Waals surface area (Å²) >= 11 is 0. The molecule has 0 saturated heterocycles. The van der Waals surface area contributed by atoms with Gasteiger partial charge in [-0.3, -0.25) is 0 Å². The molecule has 0 aromatic heterocycles. The summed E-state index contributed by atoms with van der Waals surface area (Å²) in [5.41, 5.74) is 3.51. The Kier molecular flexibility index (Phi) is 2.15. The van der Waals surface area contributed by atoms with E-state index >= 15 is 0 Å². The molecule has 0 spiro atoms. The topological polar surface area (TPSA) is 73.4 Å². The molecule has 1 aliphatic carbocycles. The van der Waals surface area contributed by atoms with Crippen LogP contribution in [0.4, 0.5) is 0 Å². The van der Waals surface area contributed by atoms with Gasteiger partial charge < -0.3 is 0 Å². The standard InChI is InChI=1S/C14H6N4/c15-5-9-4-10-2-1-3-12(10)13-11(6-16)8-18-14(13)17-7-9/h1-4,7-8H. The van der Waals surface area contributed by atoms with Crippen LogP contribution < -0.4 is 0 Å². The lowest BCUT2D eigenvalue weighted by Gasteiger charge is -2.02. The predicted molar refractivity (Wildman–Crippen MR) is 64.7 cm³/mol. The molecule has 0 atom stereocenters. The fourth-order valence-corrected chi connectivity index (χ4v) is 2.01. The average Bonchev–Trinajstić information content (AvgIpc) is 2.96. The van der Waals surface area contributed by atoms with Gasteiger partial charge in [0.1, 0.15) is 12.1 Å². The summed E-state index contributed by atoms with van der Waals surface area (Å²) in [6, 6.07) is 11.7. The highest BCUT2D eigenvalue weighted by molar-refractivity contribution is 5.86. The summed E-state index contributed by atoms with van der Waals surface area (Å²) < 4.78 is 0. The van der Waals surface area contributed by atoms with Gasteiger partial charge in [0, 0.05) is 18.0 Å². The number of aromatic nitrogens is 2. The van der Waals surface area contributed by atoms with Gasteiger partial charge in [0.2, 0.25) is 0 Å². The maximum atomic E-state index is 9.10. The molecule has 4 heteroatoms. The molecule has 0 amide bonds. The number of fused-ring (bicyclic) bond motifs is 3. The monoisotopic (exact) mass is 230 g/mol. The number of nitriles is 2. The molecule has 82 valence electrons. The third-order valence-corrected chi connectivity index (χ3v) is 2.81. The molecule has 0 unspecified atom stereocenters. The second kappa shape index (κ2) is 3.80. The Morgan fingerprint density at radius 1 is 1.00 bits per heavy atom. The van der Waals surface area contributed by atoms with E-state index in [1.165, 1.54) is 12.4 Å². The molecule has 2 aliphatic heterocycles. The van der Waals surface area contributed by atoms with Gasteiger partial charge in [-0.25, -0.2) is 9.97 Å². The zero-order valence-electron chi connectivity index (χ0n) is 9.25. The van der Waals surface area contributed by atoms with Crippen molar-refractivity contribution in [2.24, 2.45) is 0 Å². The fraction of sp³-hybridized carbons (Fsp3) is 0. The normalized spacial score (nSPS) is 10.1. The highest BCUT2D eigenvalue weighted by atomic mass is 14.9. The third kappa shape index (κ3) is 1.37. The maximum Gasteiger partial charge on any atom is 0.161 e.